The van der Waals surface area contributed by atoms with E-state index >= 15 is 0 Å². The van der Waals surface area contributed by atoms with Gasteiger partial charge in [0, 0.05) is 38.8 Å². The third-order valence-electron chi connectivity index (χ3n) is 4.96. The number of fused-ring (bicyclic) bond motifs is 1. The maximum atomic E-state index is 6.00. The monoisotopic (exact) mass is 317 g/mol. The lowest BCUT2D eigenvalue weighted by atomic mass is 9.90. The highest BCUT2D eigenvalue weighted by Gasteiger charge is 2.44. The van der Waals surface area contributed by atoms with E-state index in [-0.39, 0.29) is 0 Å². The minimum absolute atomic E-state index is 0.324. The first-order chi connectivity index (χ1) is 11.2. The van der Waals surface area contributed by atoms with Crippen LogP contribution in [-0.4, -0.2) is 40.9 Å². The molecule has 2 aromatic rings. The first kappa shape index (κ1) is 14.9. The summed E-state index contributed by atoms with van der Waals surface area (Å²) in [5, 5.41) is 8.04. The number of hydrogen-bond donors (Lipinski definition) is 0. The van der Waals surface area contributed by atoms with E-state index < -0.39 is 0 Å². The molecule has 6 heteroatoms. The van der Waals surface area contributed by atoms with Crippen LogP contribution in [0.5, 0.6) is 0 Å². The summed E-state index contributed by atoms with van der Waals surface area (Å²) in [4.78, 5) is 2.43. The summed E-state index contributed by atoms with van der Waals surface area (Å²) in [6.45, 7) is 7.63. The van der Waals surface area contributed by atoms with Crippen LogP contribution in [0.4, 0.5) is 0 Å². The number of nitrogens with zero attached hydrogens (tertiary/aromatic N) is 3. The molecule has 0 radical (unpaired) electrons. The lowest BCUT2D eigenvalue weighted by molar-refractivity contribution is 0.0923. The Hall–Kier alpha value is -1.66. The van der Waals surface area contributed by atoms with E-state index in [0.717, 1.165) is 56.5 Å². The van der Waals surface area contributed by atoms with Crippen LogP contribution in [0.25, 0.3) is 0 Å². The smallest absolute Gasteiger partial charge is 0.216 e. The van der Waals surface area contributed by atoms with Crippen molar-refractivity contribution in [3.8, 4) is 0 Å². The molecule has 6 nitrogen and oxygen atoms in total. The molecule has 2 fully saturated rings. The lowest BCUT2D eigenvalue weighted by Gasteiger charge is -2.17. The predicted octanol–water partition coefficient (Wildman–Crippen LogP) is 2.22. The first-order valence-electron chi connectivity index (χ1n) is 8.41. The van der Waals surface area contributed by atoms with Gasteiger partial charge in [-0.1, -0.05) is 6.92 Å². The molecule has 0 aromatic carbocycles. The number of hydrogen-bond acceptors (Lipinski definition) is 6. The van der Waals surface area contributed by atoms with Gasteiger partial charge in [0.15, 0.2) is 0 Å². The molecular formula is C17H23N3O3. The summed E-state index contributed by atoms with van der Waals surface area (Å²) >= 11 is 0. The highest BCUT2D eigenvalue weighted by atomic mass is 16.5. The Morgan fingerprint density at radius 2 is 2.04 bits per heavy atom. The highest BCUT2D eigenvalue weighted by molar-refractivity contribution is 5.08. The second-order valence-electron chi connectivity index (χ2n) is 6.63. The Kier molecular flexibility index (Phi) is 3.95. The van der Waals surface area contributed by atoms with Crippen molar-refractivity contribution in [2.75, 3.05) is 19.7 Å². The standard InChI is InChI=1S/C17H23N3O3/c1-3-13-4-5-14(23-13)7-20-8-15-12(10-21-16(15)9-20)6-17-19-18-11(2)22-17/h4-5,12,15-16H,3,6-10H2,1-2H3/t12-,15-,16-/m1/s1. The van der Waals surface area contributed by atoms with Crippen molar-refractivity contribution in [3.05, 3.63) is 35.4 Å². The van der Waals surface area contributed by atoms with Gasteiger partial charge in [-0.2, -0.15) is 0 Å². The fourth-order valence-corrected chi connectivity index (χ4v) is 3.78. The number of likely N-dealkylation sites (tertiary alicyclic amines) is 1. The van der Waals surface area contributed by atoms with Crippen LogP contribution in [0.3, 0.4) is 0 Å². The van der Waals surface area contributed by atoms with Crippen molar-refractivity contribution in [2.45, 2.75) is 39.3 Å². The first-order valence-corrected chi connectivity index (χ1v) is 8.41. The van der Waals surface area contributed by atoms with E-state index in [9.17, 15) is 0 Å². The molecule has 0 amide bonds. The maximum absolute atomic E-state index is 6.00. The molecule has 3 atom stereocenters. The van der Waals surface area contributed by atoms with E-state index in [1.807, 2.05) is 6.92 Å². The third-order valence-corrected chi connectivity index (χ3v) is 4.96. The van der Waals surface area contributed by atoms with Gasteiger partial charge < -0.3 is 13.6 Å². The molecule has 0 aliphatic carbocycles. The van der Waals surface area contributed by atoms with Crippen molar-refractivity contribution in [3.63, 3.8) is 0 Å². The molecule has 0 N–H and O–H groups in total. The van der Waals surface area contributed by atoms with Crippen LogP contribution in [0.1, 0.15) is 30.2 Å². The van der Waals surface area contributed by atoms with Gasteiger partial charge in [-0.15, -0.1) is 10.2 Å². The summed E-state index contributed by atoms with van der Waals surface area (Å²) in [5.74, 6) is 4.48. The number of furan rings is 1. The summed E-state index contributed by atoms with van der Waals surface area (Å²) in [6, 6.07) is 4.16. The van der Waals surface area contributed by atoms with Crippen molar-refractivity contribution in [1.29, 1.82) is 0 Å². The van der Waals surface area contributed by atoms with Crippen LogP contribution >= 0.6 is 0 Å². The predicted molar refractivity (Wildman–Crippen MR) is 82.8 cm³/mol. The molecule has 2 saturated heterocycles. The number of rotatable bonds is 5. The Labute approximate surface area is 135 Å². The van der Waals surface area contributed by atoms with Gasteiger partial charge in [-0.3, -0.25) is 4.90 Å². The molecule has 23 heavy (non-hydrogen) atoms. The minimum Gasteiger partial charge on any atom is -0.465 e. The Morgan fingerprint density at radius 3 is 2.78 bits per heavy atom. The largest absolute Gasteiger partial charge is 0.465 e. The normalized spacial score (nSPS) is 27.7. The van der Waals surface area contributed by atoms with Crippen molar-refractivity contribution < 1.29 is 13.6 Å². The molecule has 0 bridgehead atoms. The topological polar surface area (TPSA) is 64.5 Å². The highest BCUT2D eigenvalue weighted by Crippen LogP contribution is 2.36. The molecule has 2 aromatic heterocycles. The molecule has 2 aliphatic rings. The summed E-state index contributed by atoms with van der Waals surface area (Å²) in [7, 11) is 0. The zero-order chi connectivity index (χ0) is 15.8. The van der Waals surface area contributed by atoms with Crippen molar-refractivity contribution >= 4 is 0 Å². The van der Waals surface area contributed by atoms with E-state index in [4.69, 9.17) is 13.6 Å². The molecule has 0 unspecified atom stereocenters. The van der Waals surface area contributed by atoms with Crippen LogP contribution in [0, 0.1) is 18.8 Å². The van der Waals surface area contributed by atoms with E-state index in [2.05, 4.69) is 34.2 Å². The fourth-order valence-electron chi connectivity index (χ4n) is 3.78. The van der Waals surface area contributed by atoms with Gasteiger partial charge in [-0.25, -0.2) is 0 Å². The number of aryl methyl sites for hydroxylation is 2. The summed E-state index contributed by atoms with van der Waals surface area (Å²) in [6.07, 6.45) is 2.08. The molecule has 0 spiro atoms. The van der Waals surface area contributed by atoms with Gasteiger partial charge in [0.2, 0.25) is 11.8 Å². The SMILES string of the molecule is CCc1ccc(CN2C[C@@H]3[C@H](Cc4nnc(C)o4)CO[C@@H]3C2)o1. The Bertz CT molecular complexity index is 666. The molecule has 2 aliphatic heterocycles. The lowest BCUT2D eigenvalue weighted by Crippen LogP contribution is -2.24. The summed E-state index contributed by atoms with van der Waals surface area (Å²) in [5.41, 5.74) is 0. The second kappa shape index (κ2) is 6.09. The molecule has 4 rings (SSSR count). The van der Waals surface area contributed by atoms with Crippen LogP contribution < -0.4 is 0 Å². The molecular weight excluding hydrogens is 294 g/mol. The van der Waals surface area contributed by atoms with Crippen LogP contribution in [0.15, 0.2) is 21.0 Å². The maximum Gasteiger partial charge on any atom is 0.216 e. The fraction of sp³-hybridized carbons (Fsp3) is 0.647. The second-order valence-corrected chi connectivity index (χ2v) is 6.63. The van der Waals surface area contributed by atoms with E-state index in [1.165, 1.54) is 0 Å². The summed E-state index contributed by atoms with van der Waals surface area (Å²) < 4.78 is 17.4. The average molecular weight is 317 g/mol. The van der Waals surface area contributed by atoms with Gasteiger partial charge in [0.05, 0.1) is 19.3 Å². The quantitative estimate of drug-likeness (QED) is 0.842. The molecule has 4 heterocycles. The zero-order valence-corrected chi connectivity index (χ0v) is 13.7. The average Bonchev–Trinajstić information content (AvgIpc) is 3.27. The number of ether oxygens (including phenoxy) is 1. The Morgan fingerprint density at radius 1 is 1.17 bits per heavy atom. The number of aromatic nitrogens is 2. The van der Waals surface area contributed by atoms with Gasteiger partial charge in [0.1, 0.15) is 11.5 Å². The van der Waals surface area contributed by atoms with Crippen molar-refractivity contribution in [1.82, 2.24) is 15.1 Å². The van der Waals surface area contributed by atoms with Crippen LogP contribution in [0.2, 0.25) is 0 Å². The molecule has 0 saturated carbocycles. The third kappa shape index (κ3) is 3.05. The van der Waals surface area contributed by atoms with Gasteiger partial charge >= 0.3 is 0 Å². The Balaban J connectivity index is 1.37. The van der Waals surface area contributed by atoms with E-state index in [0.29, 0.717) is 23.8 Å². The van der Waals surface area contributed by atoms with Gasteiger partial charge in [-0.05, 0) is 18.1 Å². The zero-order valence-electron chi connectivity index (χ0n) is 13.7. The van der Waals surface area contributed by atoms with Crippen molar-refractivity contribution in [2.24, 2.45) is 11.8 Å². The van der Waals surface area contributed by atoms with E-state index in [1.54, 1.807) is 0 Å². The van der Waals surface area contributed by atoms with Gasteiger partial charge in [0.25, 0.3) is 0 Å². The van der Waals surface area contributed by atoms with Crippen LogP contribution in [-0.2, 0) is 24.1 Å². The molecule has 124 valence electrons. The minimum atomic E-state index is 0.324.